The van der Waals surface area contributed by atoms with Gasteiger partial charge in [0, 0.05) is 22.7 Å². The molecule has 0 saturated heterocycles. The average molecular weight is 348 g/mol. The Balaban J connectivity index is 2.25. The summed E-state index contributed by atoms with van der Waals surface area (Å²) in [6.07, 6.45) is 2.72. The van der Waals surface area contributed by atoms with Gasteiger partial charge >= 0.3 is 0 Å². The van der Waals surface area contributed by atoms with E-state index in [0.717, 1.165) is 32.6 Å². The van der Waals surface area contributed by atoms with Gasteiger partial charge in [-0.25, -0.2) is 9.37 Å². The number of halogens is 2. The molecule has 0 aliphatic carbocycles. The molecule has 0 unspecified atom stereocenters. The highest BCUT2D eigenvalue weighted by Gasteiger charge is 2.14. The van der Waals surface area contributed by atoms with Crippen molar-refractivity contribution in [1.29, 1.82) is 0 Å². The number of hydrogen-bond acceptors (Lipinski definition) is 2. The lowest BCUT2D eigenvalue weighted by Gasteiger charge is -2.05. The number of aryl methyl sites for hydroxylation is 1. The summed E-state index contributed by atoms with van der Waals surface area (Å²) < 4.78 is 16.2. The highest BCUT2D eigenvalue weighted by molar-refractivity contribution is 9.10. The number of rotatable bonds is 3. The molecule has 2 N–H and O–H groups in total. The Hall–Kier alpha value is -1.72. The highest BCUT2D eigenvalue weighted by Crippen LogP contribution is 2.27. The van der Waals surface area contributed by atoms with Crippen LogP contribution in [0, 0.1) is 12.7 Å². The average Bonchev–Trinajstić information content (AvgIpc) is 2.79. The van der Waals surface area contributed by atoms with Crippen LogP contribution in [0.4, 0.5) is 4.39 Å². The van der Waals surface area contributed by atoms with Crippen molar-refractivity contribution in [3.05, 3.63) is 58.1 Å². The minimum absolute atomic E-state index is 0.249. The number of nitrogens with two attached hydrogens (primary N) is 1. The zero-order chi connectivity index (χ0) is 15.0. The van der Waals surface area contributed by atoms with Crippen molar-refractivity contribution in [1.82, 2.24) is 9.38 Å². The van der Waals surface area contributed by atoms with Gasteiger partial charge in [-0.1, -0.05) is 0 Å². The minimum atomic E-state index is -0.249. The predicted molar refractivity (Wildman–Crippen MR) is 85.8 cm³/mol. The minimum Gasteiger partial charge on any atom is -0.330 e. The van der Waals surface area contributed by atoms with E-state index in [1.165, 1.54) is 12.1 Å². The normalized spacial score (nSPS) is 11.2. The second-order valence-electron chi connectivity index (χ2n) is 4.99. The molecule has 0 radical (unpaired) electrons. The quantitative estimate of drug-likeness (QED) is 0.784. The molecule has 21 heavy (non-hydrogen) atoms. The van der Waals surface area contributed by atoms with E-state index < -0.39 is 0 Å². The molecule has 0 fully saturated rings. The van der Waals surface area contributed by atoms with Crippen molar-refractivity contribution in [2.45, 2.75) is 13.3 Å². The monoisotopic (exact) mass is 347 g/mol. The molecule has 0 aliphatic heterocycles. The Morgan fingerprint density at radius 2 is 2.00 bits per heavy atom. The maximum Gasteiger partial charge on any atom is 0.137 e. The second kappa shape index (κ2) is 5.58. The van der Waals surface area contributed by atoms with E-state index in [1.807, 2.05) is 23.6 Å². The number of fused-ring (bicyclic) bond motifs is 1. The molecule has 108 valence electrons. The van der Waals surface area contributed by atoms with Crippen LogP contribution in [-0.2, 0) is 6.42 Å². The number of aromatic nitrogens is 2. The first-order valence-electron chi connectivity index (χ1n) is 6.73. The molecular weight excluding hydrogens is 333 g/mol. The van der Waals surface area contributed by atoms with Crippen molar-refractivity contribution in [3.8, 4) is 11.3 Å². The molecule has 3 aromatic rings. The van der Waals surface area contributed by atoms with Gasteiger partial charge in [-0.15, -0.1) is 0 Å². The predicted octanol–water partition coefficient (Wildman–Crippen LogP) is 3.71. The first-order valence-corrected chi connectivity index (χ1v) is 7.52. The molecule has 0 aliphatic rings. The van der Waals surface area contributed by atoms with Crippen LogP contribution >= 0.6 is 15.9 Å². The molecule has 2 aromatic heterocycles. The van der Waals surface area contributed by atoms with E-state index in [2.05, 4.69) is 15.9 Å². The standard InChI is InChI=1S/C16H15BrFN3/c1-10-8-15-20-16(11-2-4-12(18)5-3-11)14(6-7-19)21(15)9-13(10)17/h2-5,8-9H,6-7,19H2,1H3. The molecule has 0 bridgehead atoms. The first-order chi connectivity index (χ1) is 10.1. The fourth-order valence-corrected chi connectivity index (χ4v) is 2.74. The molecule has 3 nitrogen and oxygen atoms in total. The summed E-state index contributed by atoms with van der Waals surface area (Å²) in [4.78, 5) is 4.70. The van der Waals surface area contributed by atoms with Crippen molar-refractivity contribution in [2.75, 3.05) is 6.54 Å². The third-order valence-electron chi connectivity index (χ3n) is 3.50. The summed E-state index contributed by atoms with van der Waals surface area (Å²) in [5.41, 5.74) is 10.5. The Labute approximate surface area is 130 Å². The molecule has 2 heterocycles. The molecule has 0 amide bonds. The SMILES string of the molecule is Cc1cc2nc(-c3ccc(F)cc3)c(CCN)n2cc1Br. The van der Waals surface area contributed by atoms with E-state index >= 15 is 0 Å². The van der Waals surface area contributed by atoms with Crippen LogP contribution < -0.4 is 5.73 Å². The van der Waals surface area contributed by atoms with Gasteiger partial charge in [0.1, 0.15) is 11.5 Å². The summed E-state index contributed by atoms with van der Waals surface area (Å²) in [5.74, 6) is -0.249. The number of imidazole rings is 1. The van der Waals surface area contributed by atoms with Crippen LogP contribution in [0.1, 0.15) is 11.3 Å². The van der Waals surface area contributed by atoms with Crippen molar-refractivity contribution in [3.63, 3.8) is 0 Å². The third kappa shape index (κ3) is 2.59. The van der Waals surface area contributed by atoms with E-state index in [-0.39, 0.29) is 5.82 Å². The van der Waals surface area contributed by atoms with Crippen LogP contribution in [0.25, 0.3) is 16.9 Å². The van der Waals surface area contributed by atoms with Gasteiger partial charge in [-0.3, -0.25) is 0 Å². The lowest BCUT2D eigenvalue weighted by molar-refractivity contribution is 0.628. The van der Waals surface area contributed by atoms with Gasteiger partial charge in [-0.2, -0.15) is 0 Å². The van der Waals surface area contributed by atoms with E-state index in [0.29, 0.717) is 13.0 Å². The van der Waals surface area contributed by atoms with Crippen molar-refractivity contribution >= 4 is 21.6 Å². The number of hydrogen-bond donors (Lipinski definition) is 1. The molecule has 0 saturated carbocycles. The summed E-state index contributed by atoms with van der Waals surface area (Å²) in [6, 6.07) is 8.43. The largest absolute Gasteiger partial charge is 0.330 e. The Morgan fingerprint density at radius 1 is 1.29 bits per heavy atom. The van der Waals surface area contributed by atoms with Crippen LogP contribution in [-0.4, -0.2) is 15.9 Å². The summed E-state index contributed by atoms with van der Waals surface area (Å²) in [6.45, 7) is 2.56. The molecule has 1 aromatic carbocycles. The maximum absolute atomic E-state index is 13.1. The van der Waals surface area contributed by atoms with Crippen LogP contribution in [0.5, 0.6) is 0 Å². The van der Waals surface area contributed by atoms with E-state index in [4.69, 9.17) is 10.7 Å². The van der Waals surface area contributed by atoms with E-state index in [9.17, 15) is 4.39 Å². The highest BCUT2D eigenvalue weighted by atomic mass is 79.9. The number of nitrogens with zero attached hydrogens (tertiary/aromatic N) is 2. The van der Waals surface area contributed by atoms with Gasteiger partial charge in [0.05, 0.1) is 11.4 Å². The topological polar surface area (TPSA) is 43.3 Å². The van der Waals surface area contributed by atoms with Gasteiger partial charge < -0.3 is 10.1 Å². The van der Waals surface area contributed by atoms with Crippen molar-refractivity contribution < 1.29 is 4.39 Å². The fraction of sp³-hybridized carbons (Fsp3) is 0.188. The first kappa shape index (κ1) is 14.2. The Kier molecular flexibility index (Phi) is 3.78. The van der Waals surface area contributed by atoms with Crippen LogP contribution in [0.15, 0.2) is 41.0 Å². The lowest BCUT2D eigenvalue weighted by Crippen LogP contribution is -2.06. The van der Waals surface area contributed by atoms with E-state index in [1.54, 1.807) is 12.1 Å². The fourth-order valence-electron chi connectivity index (χ4n) is 2.42. The van der Waals surface area contributed by atoms with Crippen LogP contribution in [0.3, 0.4) is 0 Å². The van der Waals surface area contributed by atoms with Crippen molar-refractivity contribution in [2.24, 2.45) is 5.73 Å². The Morgan fingerprint density at radius 3 is 2.67 bits per heavy atom. The van der Waals surface area contributed by atoms with Gasteiger partial charge in [0.2, 0.25) is 0 Å². The van der Waals surface area contributed by atoms with Gasteiger partial charge in [0.15, 0.2) is 0 Å². The Bertz CT molecular complexity index is 793. The maximum atomic E-state index is 13.1. The summed E-state index contributed by atoms with van der Waals surface area (Å²) in [5, 5.41) is 0. The second-order valence-corrected chi connectivity index (χ2v) is 5.84. The number of benzene rings is 1. The molecule has 0 atom stereocenters. The molecular formula is C16H15BrFN3. The third-order valence-corrected chi connectivity index (χ3v) is 4.33. The number of pyridine rings is 1. The summed E-state index contributed by atoms with van der Waals surface area (Å²) in [7, 11) is 0. The smallest absolute Gasteiger partial charge is 0.137 e. The lowest BCUT2D eigenvalue weighted by atomic mass is 10.1. The zero-order valence-corrected chi connectivity index (χ0v) is 13.2. The molecule has 0 spiro atoms. The summed E-state index contributed by atoms with van der Waals surface area (Å²) >= 11 is 3.55. The molecule has 3 rings (SSSR count). The van der Waals surface area contributed by atoms with Crippen LogP contribution in [0.2, 0.25) is 0 Å². The zero-order valence-electron chi connectivity index (χ0n) is 11.6. The molecule has 5 heteroatoms. The van der Waals surface area contributed by atoms with Gasteiger partial charge in [-0.05, 0) is 65.3 Å². The van der Waals surface area contributed by atoms with Gasteiger partial charge in [0.25, 0.3) is 0 Å².